The first-order valence-corrected chi connectivity index (χ1v) is 10.7. The van der Waals surface area contributed by atoms with Gasteiger partial charge in [-0.2, -0.15) is 5.57 Å². The van der Waals surface area contributed by atoms with Gasteiger partial charge in [-0.15, -0.1) is 0 Å². The monoisotopic (exact) mass is 290 g/mol. The zero-order valence-electron chi connectivity index (χ0n) is 7.50. The number of ether oxygens (including phenoxy) is 1. The second kappa shape index (κ2) is 8.34. The van der Waals surface area contributed by atoms with Crippen molar-refractivity contribution in [2.24, 2.45) is 0 Å². The second-order valence-corrected chi connectivity index (χ2v) is 2.35. The molecule has 0 aromatic heterocycles. The molecule has 0 aliphatic carbocycles. The Kier molecular flexibility index (Phi) is 8.17. The number of halogens is 1. The summed E-state index contributed by atoms with van der Waals surface area (Å²) in [7, 11) is 0. The Bertz CT molecular complexity index is 236. The zero-order valence-corrected chi connectivity index (χ0v) is 12.1. The van der Waals surface area contributed by atoms with Crippen LogP contribution in [0.4, 0.5) is 0 Å². The number of rotatable bonds is 3. The Morgan fingerprint density at radius 3 is 2.38 bits per heavy atom. The van der Waals surface area contributed by atoms with Gasteiger partial charge >= 0.3 is 30.0 Å². The molecule has 0 atom stereocenters. The third-order valence-electron chi connectivity index (χ3n) is 1.19. The Hall–Kier alpha value is -0.267. The van der Waals surface area contributed by atoms with Gasteiger partial charge in [0.15, 0.2) is 0 Å². The van der Waals surface area contributed by atoms with Crippen LogP contribution in [0.2, 0.25) is 0 Å². The van der Waals surface area contributed by atoms with Gasteiger partial charge in [-0.1, -0.05) is 18.2 Å². The molecule has 3 heteroatoms. The first-order valence-electron chi connectivity index (χ1n) is 3.73. The second-order valence-electron chi connectivity index (χ2n) is 2.35. The molecule has 0 radical (unpaired) electrons. The Morgan fingerprint density at radius 2 is 1.92 bits per heavy atom. The average molecular weight is 292 g/mol. The quantitative estimate of drug-likeness (QED) is 0.613. The fourth-order valence-electron chi connectivity index (χ4n) is 0.702. The van der Waals surface area contributed by atoms with Gasteiger partial charge < -0.3 is 4.74 Å². The molecule has 0 aliphatic heterocycles. The van der Waals surface area contributed by atoms with E-state index < -0.39 is 0 Å². The minimum absolute atomic E-state index is 0.490. The summed E-state index contributed by atoms with van der Waals surface area (Å²) in [5, 5.41) is 0. The molecule has 1 aromatic carbocycles. The molecule has 13 heavy (non-hydrogen) atoms. The van der Waals surface area contributed by atoms with Gasteiger partial charge in [0.1, 0.15) is 5.75 Å². The third kappa shape index (κ3) is 6.86. The van der Waals surface area contributed by atoms with E-state index in [1.54, 1.807) is 0 Å². The summed E-state index contributed by atoms with van der Waals surface area (Å²) < 4.78 is 5.31. The molecule has 1 nitrogen and oxygen atoms in total. The van der Waals surface area contributed by atoms with Crippen LogP contribution in [0.5, 0.6) is 5.75 Å². The van der Waals surface area contributed by atoms with Crippen LogP contribution in [-0.2, 0) is 16.3 Å². The fraction of sp³-hybridized carbons (Fsp3) is 0.100. The van der Waals surface area contributed by atoms with E-state index >= 15 is 0 Å². The number of hydrogen-bond donors (Lipinski definition) is 0. The van der Waals surface area contributed by atoms with Crippen molar-refractivity contribution in [2.45, 2.75) is 0 Å². The summed E-state index contributed by atoms with van der Waals surface area (Å²) in [6.45, 7) is 7.76. The topological polar surface area (TPSA) is 9.23 Å². The predicted molar refractivity (Wildman–Crippen MR) is 55.4 cm³/mol. The Morgan fingerprint density at radius 1 is 1.38 bits per heavy atom. The standard InChI is InChI=1S/C10H11O.BrH.Zn/c1-9(2)8-11-10-6-4-3-5-7-10;;/h3-7H,1-2,8H2;1H;/q-1;;+2/p-1. The van der Waals surface area contributed by atoms with E-state index in [9.17, 15) is 0 Å². The van der Waals surface area contributed by atoms with E-state index in [1.165, 1.54) is 16.3 Å². The SMILES string of the molecule is C=C([CH2-])COc1ccccc1.[Zn+][Br]. The van der Waals surface area contributed by atoms with Crippen molar-refractivity contribution in [3.8, 4) is 5.75 Å². The molecule has 66 valence electrons. The van der Waals surface area contributed by atoms with Crippen LogP contribution in [0.3, 0.4) is 0 Å². The molecule has 1 rings (SSSR count). The number of para-hydroxylation sites is 1. The van der Waals surface area contributed by atoms with Crippen molar-refractivity contribution in [1.82, 2.24) is 0 Å². The molecule has 0 spiro atoms. The molecule has 0 saturated heterocycles. The molecule has 0 fully saturated rings. The summed E-state index contributed by atoms with van der Waals surface area (Å²) >= 11 is 4.25. The van der Waals surface area contributed by atoms with E-state index in [0.717, 1.165) is 11.3 Å². The Labute approximate surface area is 96.2 Å². The van der Waals surface area contributed by atoms with E-state index in [-0.39, 0.29) is 0 Å². The third-order valence-corrected chi connectivity index (χ3v) is 1.19. The summed E-state index contributed by atoms with van der Waals surface area (Å²) in [5.41, 5.74) is 0.786. The predicted octanol–water partition coefficient (Wildman–Crippen LogP) is 3.30. The van der Waals surface area contributed by atoms with Gasteiger partial charge in [-0.05, 0) is 12.1 Å². The maximum atomic E-state index is 5.31. The number of hydrogen-bond acceptors (Lipinski definition) is 1. The molecule has 0 amide bonds. The summed E-state index contributed by atoms with van der Waals surface area (Å²) in [5.74, 6) is 0.859. The van der Waals surface area contributed by atoms with Crippen molar-refractivity contribution in [1.29, 1.82) is 0 Å². The fourth-order valence-corrected chi connectivity index (χ4v) is 0.702. The zero-order chi connectivity index (χ0) is 10.1. The van der Waals surface area contributed by atoms with Crippen LogP contribution in [0.25, 0.3) is 0 Å². The molecular formula is C10H11BrOZn. The molecular weight excluding hydrogens is 281 g/mol. The van der Waals surface area contributed by atoms with Crippen molar-refractivity contribution in [3.63, 3.8) is 0 Å². The van der Waals surface area contributed by atoms with E-state index in [4.69, 9.17) is 4.74 Å². The van der Waals surface area contributed by atoms with Gasteiger partial charge in [-0.3, -0.25) is 0 Å². The van der Waals surface area contributed by atoms with E-state index in [0.29, 0.717) is 6.61 Å². The van der Waals surface area contributed by atoms with Gasteiger partial charge in [0, 0.05) is 0 Å². The van der Waals surface area contributed by atoms with Gasteiger partial charge in [-0.25, -0.2) is 13.5 Å². The van der Waals surface area contributed by atoms with Crippen LogP contribution in [0.15, 0.2) is 42.5 Å². The normalized spacial score (nSPS) is 8.23. The molecule has 0 bridgehead atoms. The molecule has 0 N–H and O–H groups in total. The maximum absolute atomic E-state index is 5.31. The van der Waals surface area contributed by atoms with Crippen LogP contribution >= 0.6 is 13.6 Å². The van der Waals surface area contributed by atoms with Crippen molar-refractivity contribution >= 4 is 13.6 Å². The molecule has 0 saturated carbocycles. The van der Waals surface area contributed by atoms with Crippen LogP contribution in [-0.4, -0.2) is 6.61 Å². The van der Waals surface area contributed by atoms with Gasteiger partial charge in [0.2, 0.25) is 0 Å². The summed E-state index contributed by atoms with van der Waals surface area (Å²) in [6, 6.07) is 9.63. The van der Waals surface area contributed by atoms with Crippen molar-refractivity contribution < 1.29 is 21.1 Å². The van der Waals surface area contributed by atoms with Crippen LogP contribution in [0, 0.1) is 6.92 Å². The first-order chi connectivity index (χ1) is 6.29. The minimum atomic E-state index is 0.490. The molecule has 1 aromatic rings. The van der Waals surface area contributed by atoms with Gasteiger partial charge in [0.25, 0.3) is 0 Å². The first kappa shape index (κ1) is 12.7. The summed E-state index contributed by atoms with van der Waals surface area (Å²) in [4.78, 5) is 0. The van der Waals surface area contributed by atoms with Crippen LogP contribution in [0.1, 0.15) is 0 Å². The molecule has 0 heterocycles. The Balaban J connectivity index is 0.000000671. The average Bonchev–Trinajstić information content (AvgIpc) is 2.19. The van der Waals surface area contributed by atoms with Gasteiger partial charge in [0.05, 0.1) is 6.61 Å². The molecule has 0 aliphatic rings. The van der Waals surface area contributed by atoms with Crippen molar-refractivity contribution in [3.05, 3.63) is 49.4 Å². The summed E-state index contributed by atoms with van der Waals surface area (Å²) in [6.07, 6.45) is 0. The number of benzene rings is 1. The van der Waals surface area contributed by atoms with E-state index in [2.05, 4.69) is 27.1 Å². The van der Waals surface area contributed by atoms with E-state index in [1.807, 2.05) is 30.3 Å². The molecule has 0 unspecified atom stereocenters. The van der Waals surface area contributed by atoms with Crippen LogP contribution < -0.4 is 4.74 Å². The van der Waals surface area contributed by atoms with Crippen molar-refractivity contribution in [2.75, 3.05) is 6.61 Å².